The summed E-state index contributed by atoms with van der Waals surface area (Å²) in [5.74, 6) is 0.0984. The van der Waals surface area contributed by atoms with Crippen LogP contribution in [0.15, 0.2) is 30.3 Å². The highest BCUT2D eigenvalue weighted by Crippen LogP contribution is 2.19. The van der Waals surface area contributed by atoms with Crippen molar-refractivity contribution >= 4 is 24.2 Å². The number of amides is 2. The Labute approximate surface area is 144 Å². The third-order valence-electron chi connectivity index (χ3n) is 4.21. The van der Waals surface area contributed by atoms with E-state index in [1.165, 1.54) is 5.56 Å². The first kappa shape index (κ1) is 19.5. The average molecular weight is 340 g/mol. The monoisotopic (exact) mass is 339 g/mol. The minimum Gasteiger partial charge on any atom is -0.342 e. The number of likely N-dealkylation sites (tertiary alicyclic amines) is 1. The van der Waals surface area contributed by atoms with Gasteiger partial charge in [0.2, 0.25) is 11.8 Å². The van der Waals surface area contributed by atoms with Crippen molar-refractivity contribution in [3.8, 4) is 0 Å². The van der Waals surface area contributed by atoms with Crippen molar-refractivity contribution in [3.05, 3.63) is 35.9 Å². The maximum Gasteiger partial charge on any atom is 0.227 e. The van der Waals surface area contributed by atoms with Crippen LogP contribution in [0.4, 0.5) is 0 Å². The summed E-state index contributed by atoms with van der Waals surface area (Å²) in [5.41, 5.74) is 6.87. The number of hydrogen-bond donors (Lipinski definition) is 1. The van der Waals surface area contributed by atoms with E-state index in [0.29, 0.717) is 32.7 Å². The molecule has 0 aliphatic carbocycles. The van der Waals surface area contributed by atoms with E-state index in [0.717, 1.165) is 12.8 Å². The summed E-state index contributed by atoms with van der Waals surface area (Å²) in [4.78, 5) is 27.7. The highest BCUT2D eigenvalue weighted by Gasteiger charge is 2.32. The molecule has 5 nitrogen and oxygen atoms in total. The van der Waals surface area contributed by atoms with Crippen LogP contribution >= 0.6 is 12.4 Å². The molecule has 1 aromatic carbocycles. The SMILES string of the molecule is CC(=O)N1CCC(C(=O)N(CCN)CCc2ccccc2)C1.Cl. The molecule has 23 heavy (non-hydrogen) atoms. The van der Waals surface area contributed by atoms with Crippen LogP contribution in [0.5, 0.6) is 0 Å². The minimum absolute atomic E-state index is 0. The quantitative estimate of drug-likeness (QED) is 0.849. The lowest BCUT2D eigenvalue weighted by Crippen LogP contribution is -2.41. The zero-order valence-corrected chi connectivity index (χ0v) is 14.4. The zero-order chi connectivity index (χ0) is 15.9. The summed E-state index contributed by atoms with van der Waals surface area (Å²) in [6.45, 7) is 4.49. The molecule has 0 saturated carbocycles. The fourth-order valence-corrected chi connectivity index (χ4v) is 2.90. The third-order valence-corrected chi connectivity index (χ3v) is 4.21. The molecule has 1 saturated heterocycles. The van der Waals surface area contributed by atoms with E-state index >= 15 is 0 Å². The van der Waals surface area contributed by atoms with E-state index in [1.54, 1.807) is 11.8 Å². The van der Waals surface area contributed by atoms with Gasteiger partial charge >= 0.3 is 0 Å². The first-order valence-corrected chi connectivity index (χ1v) is 7.90. The molecule has 1 heterocycles. The molecule has 1 aromatic rings. The van der Waals surface area contributed by atoms with E-state index in [1.807, 2.05) is 23.1 Å². The Hall–Kier alpha value is -1.59. The highest BCUT2D eigenvalue weighted by molar-refractivity contribution is 5.85. The van der Waals surface area contributed by atoms with Crippen molar-refractivity contribution in [2.75, 3.05) is 32.7 Å². The summed E-state index contributed by atoms with van der Waals surface area (Å²) in [6.07, 6.45) is 1.58. The Morgan fingerprint density at radius 1 is 1.26 bits per heavy atom. The molecular formula is C17H26ClN3O2. The summed E-state index contributed by atoms with van der Waals surface area (Å²) >= 11 is 0. The normalized spacial score (nSPS) is 16.8. The van der Waals surface area contributed by atoms with Gasteiger partial charge in [-0.15, -0.1) is 12.4 Å². The summed E-state index contributed by atoms with van der Waals surface area (Å²) in [7, 11) is 0. The molecule has 1 atom stereocenters. The largest absolute Gasteiger partial charge is 0.342 e. The molecule has 128 valence electrons. The average Bonchev–Trinajstić information content (AvgIpc) is 3.02. The highest BCUT2D eigenvalue weighted by atomic mass is 35.5. The number of carbonyl (C=O) groups is 2. The van der Waals surface area contributed by atoms with E-state index < -0.39 is 0 Å². The van der Waals surface area contributed by atoms with Crippen LogP contribution in [0.1, 0.15) is 18.9 Å². The first-order valence-electron chi connectivity index (χ1n) is 7.90. The van der Waals surface area contributed by atoms with E-state index in [2.05, 4.69) is 12.1 Å². The standard InChI is InChI=1S/C17H25N3O2.ClH/c1-14(21)20-11-8-16(13-20)17(22)19(12-9-18)10-7-15-5-3-2-4-6-15;/h2-6,16H,7-13,18H2,1H3;1H. The van der Waals surface area contributed by atoms with E-state index in [9.17, 15) is 9.59 Å². The summed E-state index contributed by atoms with van der Waals surface area (Å²) in [6, 6.07) is 10.1. The van der Waals surface area contributed by atoms with Gasteiger partial charge < -0.3 is 15.5 Å². The van der Waals surface area contributed by atoms with Gasteiger partial charge in [0, 0.05) is 39.6 Å². The molecule has 2 N–H and O–H groups in total. The summed E-state index contributed by atoms with van der Waals surface area (Å²) < 4.78 is 0. The number of nitrogens with two attached hydrogens (primary N) is 1. The van der Waals surface area contributed by atoms with E-state index in [4.69, 9.17) is 5.73 Å². The van der Waals surface area contributed by atoms with Crippen molar-refractivity contribution < 1.29 is 9.59 Å². The van der Waals surface area contributed by atoms with Crippen LogP contribution in [-0.2, 0) is 16.0 Å². The van der Waals surface area contributed by atoms with Gasteiger partial charge in [0.15, 0.2) is 0 Å². The van der Waals surface area contributed by atoms with Crippen molar-refractivity contribution in [2.24, 2.45) is 11.7 Å². The second-order valence-electron chi connectivity index (χ2n) is 5.80. The van der Waals surface area contributed by atoms with Crippen molar-refractivity contribution in [3.63, 3.8) is 0 Å². The van der Waals surface area contributed by atoms with Crippen molar-refractivity contribution in [1.29, 1.82) is 0 Å². The number of halogens is 1. The van der Waals surface area contributed by atoms with Crippen molar-refractivity contribution in [2.45, 2.75) is 19.8 Å². The van der Waals surface area contributed by atoms with Gasteiger partial charge in [-0.25, -0.2) is 0 Å². The van der Waals surface area contributed by atoms with Crippen LogP contribution in [0, 0.1) is 5.92 Å². The molecule has 1 fully saturated rings. The fourth-order valence-electron chi connectivity index (χ4n) is 2.90. The van der Waals surface area contributed by atoms with Crippen LogP contribution in [0.3, 0.4) is 0 Å². The number of benzene rings is 1. The van der Waals surface area contributed by atoms with Gasteiger partial charge in [-0.05, 0) is 18.4 Å². The number of rotatable bonds is 6. The predicted molar refractivity (Wildman–Crippen MR) is 93.4 cm³/mol. The lowest BCUT2D eigenvalue weighted by atomic mass is 10.1. The van der Waals surface area contributed by atoms with Gasteiger partial charge in [0.1, 0.15) is 0 Å². The maximum atomic E-state index is 12.7. The molecule has 0 radical (unpaired) electrons. The summed E-state index contributed by atoms with van der Waals surface area (Å²) in [5, 5.41) is 0. The van der Waals surface area contributed by atoms with E-state index in [-0.39, 0.29) is 30.1 Å². The Morgan fingerprint density at radius 3 is 2.52 bits per heavy atom. The smallest absolute Gasteiger partial charge is 0.227 e. The van der Waals surface area contributed by atoms with Gasteiger partial charge in [0.05, 0.1) is 5.92 Å². The van der Waals surface area contributed by atoms with Crippen molar-refractivity contribution in [1.82, 2.24) is 9.80 Å². The molecule has 1 aliphatic heterocycles. The van der Waals surface area contributed by atoms with Gasteiger partial charge in [-0.2, -0.15) is 0 Å². The Morgan fingerprint density at radius 2 is 1.96 bits per heavy atom. The lowest BCUT2D eigenvalue weighted by Gasteiger charge is -2.25. The second kappa shape index (κ2) is 9.53. The molecule has 0 bridgehead atoms. The first-order chi connectivity index (χ1) is 10.6. The van der Waals surface area contributed by atoms with Crippen LogP contribution in [0.2, 0.25) is 0 Å². The molecule has 1 unspecified atom stereocenters. The molecule has 6 heteroatoms. The van der Waals surface area contributed by atoms with Crippen LogP contribution in [0.25, 0.3) is 0 Å². The van der Waals surface area contributed by atoms with Crippen LogP contribution < -0.4 is 5.73 Å². The Balaban J connectivity index is 0.00000264. The topological polar surface area (TPSA) is 66.6 Å². The van der Waals surface area contributed by atoms with Gasteiger partial charge in [-0.1, -0.05) is 30.3 Å². The van der Waals surface area contributed by atoms with Gasteiger partial charge in [0.25, 0.3) is 0 Å². The third kappa shape index (κ3) is 5.52. The number of carbonyl (C=O) groups excluding carboxylic acids is 2. The molecular weight excluding hydrogens is 314 g/mol. The Kier molecular flexibility index (Phi) is 8.06. The molecule has 0 spiro atoms. The second-order valence-corrected chi connectivity index (χ2v) is 5.80. The molecule has 0 aromatic heterocycles. The molecule has 2 rings (SSSR count). The Bertz CT molecular complexity index is 510. The molecule has 1 aliphatic rings. The lowest BCUT2D eigenvalue weighted by molar-refractivity contribution is -0.135. The fraction of sp³-hybridized carbons (Fsp3) is 0.529. The minimum atomic E-state index is -0.0776. The predicted octanol–water partition coefficient (Wildman–Crippen LogP) is 1.31. The number of nitrogens with zero attached hydrogens (tertiary/aromatic N) is 2. The van der Waals surface area contributed by atoms with Gasteiger partial charge in [-0.3, -0.25) is 9.59 Å². The maximum absolute atomic E-state index is 12.7. The van der Waals surface area contributed by atoms with Crippen LogP contribution in [-0.4, -0.2) is 54.3 Å². The molecule has 2 amide bonds. The zero-order valence-electron chi connectivity index (χ0n) is 13.6. The number of hydrogen-bond acceptors (Lipinski definition) is 3.